The minimum atomic E-state index is 0.000243. The van der Waals surface area contributed by atoms with Crippen LogP contribution in [0.3, 0.4) is 0 Å². The van der Waals surface area contributed by atoms with Crippen molar-refractivity contribution in [1.82, 2.24) is 10.2 Å². The lowest BCUT2D eigenvalue weighted by Crippen LogP contribution is -2.53. The molecule has 1 saturated heterocycles. The lowest BCUT2D eigenvalue weighted by molar-refractivity contribution is -0.127. The third kappa shape index (κ3) is 6.22. The molecule has 1 amide bonds. The molecule has 8 unspecified atom stereocenters. The van der Waals surface area contributed by atoms with Crippen molar-refractivity contribution in [1.29, 1.82) is 5.41 Å². The van der Waals surface area contributed by atoms with Crippen LogP contribution in [0, 0.1) is 46.8 Å². The normalized spacial score (nSPS) is 43.8. The van der Waals surface area contributed by atoms with E-state index in [4.69, 9.17) is 16.9 Å². The number of rotatable bonds is 6. The molecule has 6 N–H and O–H groups in total. The number of nitrogens with two attached hydrogens (primary N) is 2. The number of hydrogen-bond acceptors (Lipinski definition) is 4. The van der Waals surface area contributed by atoms with Gasteiger partial charge in [-0.25, -0.2) is 0 Å². The predicted molar refractivity (Wildman–Crippen MR) is 158 cm³/mol. The second kappa shape index (κ2) is 12.4. The summed E-state index contributed by atoms with van der Waals surface area (Å²) in [6.45, 7) is 1.09. The number of carbonyl (C=O) groups excluding carboxylic acids is 1. The standard InChI is InChI=1S/C33H57N5O/c34-27-12-14-28(15-13-27)37-33(39)31-18-24-9-10-25(32(35)36)19-30(24)38(31)20-26-8-4-7-23-17-22(11-16-29(23)26)21-5-2-1-3-6-21/h21-31H,1-20,34H2,(H3,35,36)(H,37,39). The summed E-state index contributed by atoms with van der Waals surface area (Å²) in [5.41, 5.74) is 12.2. The first-order chi connectivity index (χ1) is 19.0. The van der Waals surface area contributed by atoms with Crippen LogP contribution in [-0.4, -0.2) is 47.4 Å². The van der Waals surface area contributed by atoms with Crippen molar-refractivity contribution in [3.63, 3.8) is 0 Å². The van der Waals surface area contributed by atoms with Gasteiger partial charge in [-0.15, -0.1) is 0 Å². The van der Waals surface area contributed by atoms with Gasteiger partial charge in [0.1, 0.15) is 0 Å². The highest BCUT2D eigenvalue weighted by atomic mass is 16.2. The fourth-order valence-corrected chi connectivity index (χ4v) is 10.6. The predicted octanol–water partition coefficient (Wildman–Crippen LogP) is 5.58. The summed E-state index contributed by atoms with van der Waals surface area (Å²) >= 11 is 0. The maximum absolute atomic E-state index is 13.9. The van der Waals surface area contributed by atoms with Crippen molar-refractivity contribution in [2.24, 2.45) is 52.9 Å². The Kier molecular flexibility index (Phi) is 8.89. The van der Waals surface area contributed by atoms with Gasteiger partial charge in [-0.3, -0.25) is 15.1 Å². The van der Waals surface area contributed by atoms with E-state index >= 15 is 0 Å². The number of hydrogen-bond donors (Lipinski definition) is 4. The van der Waals surface area contributed by atoms with Crippen molar-refractivity contribution < 1.29 is 4.79 Å². The highest BCUT2D eigenvalue weighted by Gasteiger charge is 2.49. The summed E-state index contributed by atoms with van der Waals surface area (Å²) in [5, 5.41) is 11.7. The molecule has 0 radical (unpaired) electrons. The van der Waals surface area contributed by atoms with Crippen LogP contribution < -0.4 is 16.8 Å². The van der Waals surface area contributed by atoms with Gasteiger partial charge in [0.25, 0.3) is 0 Å². The number of likely N-dealkylation sites (tertiary alicyclic amines) is 1. The summed E-state index contributed by atoms with van der Waals surface area (Å²) in [6.07, 6.45) is 24.1. The maximum atomic E-state index is 13.9. The lowest BCUT2D eigenvalue weighted by atomic mass is 9.60. The monoisotopic (exact) mass is 539 g/mol. The Morgan fingerprint density at radius 3 is 2.26 bits per heavy atom. The van der Waals surface area contributed by atoms with Crippen molar-refractivity contribution in [2.75, 3.05) is 6.54 Å². The molecule has 0 aromatic heterocycles. The summed E-state index contributed by atoms with van der Waals surface area (Å²) in [4.78, 5) is 16.5. The van der Waals surface area contributed by atoms with E-state index in [-0.39, 0.29) is 17.9 Å². The molecule has 1 heterocycles. The minimum absolute atomic E-state index is 0.000243. The number of amides is 1. The third-order valence-electron chi connectivity index (χ3n) is 12.8. The molecule has 5 saturated carbocycles. The van der Waals surface area contributed by atoms with Crippen molar-refractivity contribution >= 4 is 11.7 Å². The van der Waals surface area contributed by atoms with Crippen LogP contribution in [0.1, 0.15) is 122 Å². The van der Waals surface area contributed by atoms with Gasteiger partial charge in [-0.1, -0.05) is 44.9 Å². The highest BCUT2D eigenvalue weighted by Crippen LogP contribution is 2.51. The van der Waals surface area contributed by atoms with Gasteiger partial charge >= 0.3 is 0 Å². The van der Waals surface area contributed by atoms with Crippen molar-refractivity contribution in [3.8, 4) is 0 Å². The Labute approximate surface area is 237 Å². The zero-order valence-corrected chi connectivity index (χ0v) is 24.5. The zero-order valence-electron chi connectivity index (χ0n) is 24.5. The molecule has 220 valence electrons. The van der Waals surface area contributed by atoms with E-state index in [0.29, 0.717) is 29.9 Å². The summed E-state index contributed by atoms with van der Waals surface area (Å²) in [6, 6.07) is 1.02. The fourth-order valence-electron chi connectivity index (χ4n) is 10.6. The van der Waals surface area contributed by atoms with E-state index < -0.39 is 0 Å². The molecule has 39 heavy (non-hydrogen) atoms. The Morgan fingerprint density at radius 1 is 0.744 bits per heavy atom. The molecule has 6 rings (SSSR count). The number of carbonyl (C=O) groups is 1. The quantitative estimate of drug-likeness (QED) is 0.261. The van der Waals surface area contributed by atoms with Gasteiger partial charge < -0.3 is 16.8 Å². The molecule has 0 spiro atoms. The number of fused-ring (bicyclic) bond motifs is 2. The van der Waals surface area contributed by atoms with Gasteiger partial charge in [0.15, 0.2) is 0 Å². The molecule has 0 bridgehead atoms. The first-order valence-electron chi connectivity index (χ1n) is 17.1. The first kappa shape index (κ1) is 28.0. The maximum Gasteiger partial charge on any atom is 0.237 e. The van der Waals surface area contributed by atoms with E-state index in [1.807, 2.05) is 0 Å². The zero-order chi connectivity index (χ0) is 26.9. The molecule has 6 aliphatic rings. The molecule has 6 heteroatoms. The molecular weight excluding hydrogens is 482 g/mol. The number of nitrogens with one attached hydrogen (secondary N) is 2. The van der Waals surface area contributed by atoms with E-state index in [0.717, 1.165) is 87.5 Å². The minimum Gasteiger partial charge on any atom is -0.387 e. The topological polar surface area (TPSA) is 108 Å². The molecule has 6 fully saturated rings. The molecule has 6 nitrogen and oxygen atoms in total. The molecule has 0 aromatic rings. The van der Waals surface area contributed by atoms with Gasteiger partial charge in [0, 0.05) is 30.6 Å². The Balaban J connectivity index is 1.15. The van der Waals surface area contributed by atoms with E-state index in [9.17, 15) is 4.79 Å². The average Bonchev–Trinajstić information content (AvgIpc) is 3.32. The van der Waals surface area contributed by atoms with Crippen molar-refractivity contribution in [2.45, 2.75) is 146 Å². The van der Waals surface area contributed by atoms with Gasteiger partial charge in [0.2, 0.25) is 5.91 Å². The first-order valence-corrected chi connectivity index (χ1v) is 17.1. The fraction of sp³-hybridized carbons (Fsp3) is 0.939. The number of amidine groups is 1. The van der Waals surface area contributed by atoms with Crippen LogP contribution in [0.15, 0.2) is 0 Å². The SMILES string of the molecule is N=C(N)C1CCC2CC(C(=O)NC3CCC(N)CC3)N(CC3CCCC4CC(C5CCCCC5)CCC43)C2C1. The van der Waals surface area contributed by atoms with Crippen LogP contribution >= 0.6 is 0 Å². The largest absolute Gasteiger partial charge is 0.387 e. The summed E-state index contributed by atoms with van der Waals surface area (Å²) in [7, 11) is 0. The molecule has 8 atom stereocenters. The molecule has 5 aliphatic carbocycles. The molecular formula is C33H57N5O. The second-order valence-electron chi connectivity index (χ2n) is 14.9. The van der Waals surface area contributed by atoms with Gasteiger partial charge in [-0.05, 0) is 113 Å². The molecule has 0 aromatic carbocycles. The summed E-state index contributed by atoms with van der Waals surface area (Å²) in [5.74, 6) is 5.90. The van der Waals surface area contributed by atoms with Crippen LogP contribution in [0.25, 0.3) is 0 Å². The van der Waals surface area contributed by atoms with Crippen LogP contribution in [0.5, 0.6) is 0 Å². The van der Waals surface area contributed by atoms with Crippen LogP contribution in [0.2, 0.25) is 0 Å². The van der Waals surface area contributed by atoms with Crippen LogP contribution in [0.4, 0.5) is 0 Å². The van der Waals surface area contributed by atoms with Crippen molar-refractivity contribution in [3.05, 3.63) is 0 Å². The Hall–Kier alpha value is -1.14. The van der Waals surface area contributed by atoms with E-state index in [1.54, 1.807) is 0 Å². The van der Waals surface area contributed by atoms with Gasteiger partial charge in [-0.2, -0.15) is 0 Å². The summed E-state index contributed by atoms with van der Waals surface area (Å²) < 4.78 is 0. The third-order valence-corrected chi connectivity index (χ3v) is 12.8. The average molecular weight is 540 g/mol. The van der Waals surface area contributed by atoms with Crippen LogP contribution in [-0.2, 0) is 4.79 Å². The Bertz CT molecular complexity index is 849. The number of nitrogens with zero attached hydrogens (tertiary/aromatic N) is 1. The smallest absolute Gasteiger partial charge is 0.237 e. The second-order valence-corrected chi connectivity index (χ2v) is 14.9. The van der Waals surface area contributed by atoms with E-state index in [2.05, 4.69) is 10.2 Å². The van der Waals surface area contributed by atoms with Gasteiger partial charge in [0.05, 0.1) is 11.9 Å². The highest BCUT2D eigenvalue weighted by molar-refractivity contribution is 5.83. The van der Waals surface area contributed by atoms with E-state index in [1.165, 1.54) is 70.6 Å². The lowest BCUT2D eigenvalue weighted by Gasteiger charge is -2.48. The molecule has 1 aliphatic heterocycles. The Morgan fingerprint density at radius 2 is 1.49 bits per heavy atom.